The summed E-state index contributed by atoms with van der Waals surface area (Å²) in [6, 6.07) is 38.3. The van der Waals surface area contributed by atoms with Gasteiger partial charge in [0.25, 0.3) is 0 Å². The molecule has 0 N–H and O–H groups in total. The third-order valence-corrected chi connectivity index (χ3v) is 14.6. The predicted molar refractivity (Wildman–Crippen MR) is 292 cm³/mol. The number of aryl methyl sites for hydroxylation is 1. The molecule has 9 aromatic rings. The molecule has 0 unspecified atom stereocenters. The van der Waals surface area contributed by atoms with Crippen LogP contribution in [-0.4, -0.2) is 30.8 Å². The van der Waals surface area contributed by atoms with Gasteiger partial charge in [0.1, 0.15) is 0 Å². The Labute approximate surface area is 438 Å². The summed E-state index contributed by atoms with van der Waals surface area (Å²) >= 11 is 2.40. The molecule has 10 rings (SSSR count). The molecule has 6 aromatic carbocycles. The topological polar surface area (TPSA) is 53.0 Å². The van der Waals surface area contributed by atoms with Gasteiger partial charge in [-0.3, -0.25) is 0 Å². The van der Waals surface area contributed by atoms with Gasteiger partial charge in [-0.2, -0.15) is 5.10 Å². The molecule has 0 radical (unpaired) electrons. The summed E-state index contributed by atoms with van der Waals surface area (Å²) in [5, 5.41) is 4.83. The fourth-order valence-corrected chi connectivity index (χ4v) is 10.8. The summed E-state index contributed by atoms with van der Waals surface area (Å²) in [5.41, 5.74) is 12.6. The van der Waals surface area contributed by atoms with Gasteiger partial charge in [0.2, 0.25) is 0 Å². The molecule has 0 bridgehead atoms. The van der Waals surface area contributed by atoms with Crippen molar-refractivity contribution in [3.05, 3.63) is 184 Å². The van der Waals surface area contributed by atoms with E-state index in [1.165, 1.54) is 11.1 Å². The van der Waals surface area contributed by atoms with Gasteiger partial charge in [-0.15, -0.1) is 0 Å². The number of anilines is 2. The minimum atomic E-state index is -0.431. The molecule has 4 heterocycles. The number of nitrogens with zero attached hydrogens (tertiary/aromatic N) is 6. The molecule has 3 aromatic heterocycles. The van der Waals surface area contributed by atoms with E-state index in [0.717, 1.165) is 71.9 Å². The Morgan fingerprint density at radius 3 is 1.92 bits per heavy atom. The number of rotatable bonds is 9. The van der Waals surface area contributed by atoms with E-state index in [-0.39, 0.29) is 53.0 Å². The van der Waals surface area contributed by atoms with E-state index < -0.39 is 6.04 Å². The van der Waals surface area contributed by atoms with Crippen LogP contribution in [0, 0.1) is 16.6 Å². The quantitative estimate of drug-likeness (QED) is 0.135. The van der Waals surface area contributed by atoms with E-state index in [0.29, 0.717) is 28.7 Å². The summed E-state index contributed by atoms with van der Waals surface area (Å²) in [7, 11) is 0. The number of pyridine rings is 1. The van der Waals surface area contributed by atoms with Crippen LogP contribution < -0.4 is 9.55 Å². The van der Waals surface area contributed by atoms with Crippen LogP contribution in [0.5, 0.6) is 11.5 Å². The number of imidazole rings is 1. The Balaban J connectivity index is 1.20. The van der Waals surface area contributed by atoms with E-state index in [1.54, 1.807) is 0 Å². The standard InChI is InChI=1S/C62H65BN6O.Pt/c1-41(2)39-63-68(58-31-42(3)27-29-64-58)57-38-50(25-26-51(57)54-28-30-65-69(54)63)70-49-22-18-21-48(37-49)66-40-67(56-24-17-16-23-55(56)66)59-52(43-19-14-13-15-20-43)35-47(62(10,11)12)36-53(59)44-32-45(60(4,5)6)34-46(33-44)61(7,8)9;/h13-38,41H,39H2,1-12H3;/i13D,14D,15D,19D,20D;. The van der Waals surface area contributed by atoms with E-state index in [2.05, 4.69) is 194 Å². The predicted octanol–water partition coefficient (Wildman–Crippen LogP) is 16.2. The molecule has 0 amide bonds. The molecule has 1 aliphatic heterocycles. The normalized spacial score (nSPS) is 14.0. The number of ether oxygens (including phenoxy) is 1. The molecule has 1 aliphatic rings. The van der Waals surface area contributed by atoms with Gasteiger partial charge in [-0.25, -0.2) is 0 Å². The molecule has 0 spiro atoms. The van der Waals surface area contributed by atoms with Gasteiger partial charge < -0.3 is 0 Å². The Kier molecular flexibility index (Phi) is 10.9. The Morgan fingerprint density at radius 1 is 0.634 bits per heavy atom. The van der Waals surface area contributed by atoms with Crippen LogP contribution in [0.25, 0.3) is 55.9 Å². The van der Waals surface area contributed by atoms with Crippen molar-refractivity contribution in [3.63, 3.8) is 0 Å². The van der Waals surface area contributed by atoms with Gasteiger partial charge in [-0.1, -0.05) is 13.8 Å². The summed E-state index contributed by atoms with van der Waals surface area (Å²) in [6.45, 7) is 26.3. The second kappa shape index (κ2) is 18.3. The zero-order valence-electron chi connectivity index (χ0n) is 47.9. The second-order valence-electron chi connectivity index (χ2n) is 22.5. The first-order valence-corrected chi connectivity index (χ1v) is 25.7. The average Bonchev–Trinajstić information content (AvgIpc) is 4.16. The fraction of sp³-hybridized carbons (Fsp3) is 0.274. The van der Waals surface area contributed by atoms with Crippen molar-refractivity contribution in [2.24, 2.45) is 5.92 Å². The summed E-state index contributed by atoms with van der Waals surface area (Å²) in [5.74, 6) is 2.55. The van der Waals surface area contributed by atoms with Crippen molar-refractivity contribution in [2.75, 3.05) is 4.81 Å². The molecule has 71 heavy (non-hydrogen) atoms. The Bertz CT molecular complexity index is 3780. The third kappa shape index (κ3) is 9.21. The molecule has 0 aliphatic carbocycles. The molecule has 0 saturated carbocycles. The van der Waals surface area contributed by atoms with Crippen LogP contribution in [0.4, 0.5) is 11.5 Å². The van der Waals surface area contributed by atoms with Crippen molar-refractivity contribution >= 4 is 29.5 Å². The molecule has 0 fully saturated rings. The number of benzene rings is 6. The second-order valence-corrected chi connectivity index (χ2v) is 23.5. The monoisotopic (exact) mass is 1120 g/mol. The van der Waals surface area contributed by atoms with Crippen molar-refractivity contribution < 1.29 is 30.9 Å². The number of aromatic nitrogens is 5. The fourth-order valence-electron chi connectivity index (χ4n) is 9.73. The van der Waals surface area contributed by atoms with E-state index in [9.17, 15) is 2.74 Å². The Morgan fingerprint density at radius 2 is 1.27 bits per heavy atom. The molecular formula is C62H65BN6OPt. The summed E-state index contributed by atoms with van der Waals surface area (Å²) < 4.78 is 59.8. The van der Waals surface area contributed by atoms with Crippen molar-refractivity contribution in [1.29, 1.82) is 0 Å². The molecule has 0 saturated heterocycles. The van der Waals surface area contributed by atoms with Crippen LogP contribution in [0.3, 0.4) is 0 Å². The van der Waals surface area contributed by atoms with Gasteiger partial charge in [0.15, 0.2) is 0 Å². The zero-order valence-corrected chi connectivity index (χ0v) is 45.2. The third-order valence-electron chi connectivity index (χ3n) is 13.5. The average molecular weight is 1120 g/mol. The van der Waals surface area contributed by atoms with E-state index in [4.69, 9.17) is 18.9 Å². The number of hydrogen-bond donors (Lipinski definition) is 0. The van der Waals surface area contributed by atoms with E-state index in [1.807, 2.05) is 54.9 Å². The van der Waals surface area contributed by atoms with Crippen LogP contribution in [0.15, 0.2) is 158 Å². The van der Waals surface area contributed by atoms with Crippen LogP contribution in [0.2, 0.25) is 6.32 Å². The zero-order chi connectivity index (χ0) is 54.5. The summed E-state index contributed by atoms with van der Waals surface area (Å²) in [6.07, 6.45) is 4.59. The van der Waals surface area contributed by atoms with Gasteiger partial charge in [0.05, 0.1) is 0 Å². The van der Waals surface area contributed by atoms with Crippen LogP contribution in [0.1, 0.15) is 105 Å². The van der Waals surface area contributed by atoms with Gasteiger partial charge >= 0.3 is 385 Å². The molecule has 7 nitrogen and oxygen atoms in total. The van der Waals surface area contributed by atoms with E-state index >= 15 is 0 Å². The summed E-state index contributed by atoms with van der Waals surface area (Å²) in [4.78, 5) is 7.19. The number of hydrogen-bond acceptors (Lipinski definition) is 4. The molecule has 362 valence electrons. The van der Waals surface area contributed by atoms with Crippen LogP contribution in [-0.2, 0) is 35.6 Å². The molecular weight excluding hydrogens is 1050 g/mol. The van der Waals surface area contributed by atoms with Crippen molar-refractivity contribution in [2.45, 2.75) is 106 Å². The first-order chi connectivity index (χ1) is 35.8. The van der Waals surface area contributed by atoms with Gasteiger partial charge in [0, 0.05) is 12.4 Å². The van der Waals surface area contributed by atoms with Crippen molar-refractivity contribution in [3.8, 4) is 56.4 Å². The minimum absolute atomic E-state index is 0.101. The maximum absolute atomic E-state index is 9.50. The molecule has 9 heteroatoms. The maximum atomic E-state index is 9.50. The first kappa shape index (κ1) is 42.2. The van der Waals surface area contributed by atoms with Crippen LogP contribution >= 0.6 is 0 Å². The molecule has 0 atom stereocenters. The SMILES string of the molecule is [2H]c1c([2H])c([2H])c(-c2cc(C(C)(C)C)cc(-c3cc(C(C)(C)C)cc(C(C)(C)C)c3)c2-n2[c](=[Pt])n(-c3cccc(Oc4ccc5c(c4)N(c4cc(C)ccn4)B(CC(C)C)n4nccc4-5)c3)c3ccccc32)c([2H])c1[2H]. The Hall–Kier alpha value is -6.50. The first-order valence-electron chi connectivity index (χ1n) is 27.1. The van der Waals surface area contributed by atoms with Gasteiger partial charge in [-0.05, 0) is 24.5 Å². The number of para-hydroxylation sites is 2. The van der Waals surface area contributed by atoms with Crippen molar-refractivity contribution in [1.82, 2.24) is 23.8 Å². The number of fused-ring (bicyclic) bond motifs is 4.